The topological polar surface area (TPSA) is 73.7 Å². The van der Waals surface area contributed by atoms with E-state index in [1.54, 1.807) is 20.0 Å². The van der Waals surface area contributed by atoms with Gasteiger partial charge in [0, 0.05) is 39.3 Å². The third kappa shape index (κ3) is 3.93. The van der Waals surface area contributed by atoms with Crippen molar-refractivity contribution in [1.29, 1.82) is 0 Å². The van der Waals surface area contributed by atoms with Gasteiger partial charge in [-0.2, -0.15) is 0 Å². The SMILES string of the molecule is CC(=O)N1CCN(c2ccc(C[C@H](C)C(=O)O)cn2)CC1. The number of rotatable bonds is 4. The summed E-state index contributed by atoms with van der Waals surface area (Å²) >= 11 is 0. The molecular formula is C15H21N3O3. The Morgan fingerprint density at radius 1 is 1.29 bits per heavy atom. The first-order valence-corrected chi connectivity index (χ1v) is 7.15. The van der Waals surface area contributed by atoms with Crippen LogP contribution in [0.15, 0.2) is 18.3 Å². The first-order valence-electron chi connectivity index (χ1n) is 7.15. The molecule has 0 aliphatic carbocycles. The average Bonchev–Trinajstić information content (AvgIpc) is 2.48. The van der Waals surface area contributed by atoms with Crippen LogP contribution in [0.5, 0.6) is 0 Å². The second-order valence-electron chi connectivity index (χ2n) is 5.46. The highest BCUT2D eigenvalue weighted by atomic mass is 16.4. The molecule has 21 heavy (non-hydrogen) atoms. The monoisotopic (exact) mass is 291 g/mol. The lowest BCUT2D eigenvalue weighted by Gasteiger charge is -2.34. The Bertz CT molecular complexity index is 507. The maximum atomic E-state index is 11.3. The van der Waals surface area contributed by atoms with Crippen molar-refractivity contribution >= 4 is 17.7 Å². The van der Waals surface area contributed by atoms with E-state index in [2.05, 4.69) is 9.88 Å². The Kier molecular flexibility index (Phi) is 4.77. The number of aromatic nitrogens is 1. The minimum Gasteiger partial charge on any atom is -0.481 e. The molecule has 6 nitrogen and oxygen atoms in total. The van der Waals surface area contributed by atoms with Crippen LogP contribution in [0.2, 0.25) is 0 Å². The Hall–Kier alpha value is -2.11. The molecule has 0 radical (unpaired) electrons. The van der Waals surface area contributed by atoms with Gasteiger partial charge in [-0.25, -0.2) is 4.98 Å². The lowest BCUT2D eigenvalue weighted by atomic mass is 10.0. The van der Waals surface area contributed by atoms with Gasteiger partial charge in [-0.1, -0.05) is 13.0 Å². The molecule has 1 atom stereocenters. The van der Waals surface area contributed by atoms with Crippen molar-refractivity contribution in [2.45, 2.75) is 20.3 Å². The van der Waals surface area contributed by atoms with Crippen molar-refractivity contribution in [3.05, 3.63) is 23.9 Å². The summed E-state index contributed by atoms with van der Waals surface area (Å²) in [6.45, 7) is 6.27. The molecule has 0 bridgehead atoms. The van der Waals surface area contributed by atoms with Crippen molar-refractivity contribution < 1.29 is 14.7 Å². The van der Waals surface area contributed by atoms with Crippen LogP contribution in [0.1, 0.15) is 19.4 Å². The lowest BCUT2D eigenvalue weighted by molar-refractivity contribution is -0.141. The number of hydrogen-bond acceptors (Lipinski definition) is 4. The van der Waals surface area contributed by atoms with E-state index >= 15 is 0 Å². The van der Waals surface area contributed by atoms with Crippen LogP contribution in [0.25, 0.3) is 0 Å². The zero-order valence-corrected chi connectivity index (χ0v) is 12.5. The third-order valence-corrected chi connectivity index (χ3v) is 3.82. The van der Waals surface area contributed by atoms with Gasteiger partial charge in [0.25, 0.3) is 0 Å². The molecule has 2 heterocycles. The van der Waals surface area contributed by atoms with Crippen LogP contribution in [-0.4, -0.2) is 53.0 Å². The normalized spacial score (nSPS) is 16.7. The van der Waals surface area contributed by atoms with Crippen LogP contribution in [-0.2, 0) is 16.0 Å². The quantitative estimate of drug-likeness (QED) is 0.896. The summed E-state index contributed by atoms with van der Waals surface area (Å²) in [4.78, 5) is 30.5. The van der Waals surface area contributed by atoms with Gasteiger partial charge in [-0.3, -0.25) is 9.59 Å². The first-order chi connectivity index (χ1) is 9.97. The van der Waals surface area contributed by atoms with Gasteiger partial charge >= 0.3 is 5.97 Å². The predicted octanol–water partition coefficient (Wildman–Crippen LogP) is 1.01. The number of nitrogens with zero attached hydrogens (tertiary/aromatic N) is 3. The molecule has 6 heteroatoms. The predicted molar refractivity (Wildman–Crippen MR) is 79.2 cm³/mol. The van der Waals surface area contributed by atoms with Crippen LogP contribution in [0, 0.1) is 5.92 Å². The van der Waals surface area contributed by atoms with Crippen molar-refractivity contribution in [1.82, 2.24) is 9.88 Å². The van der Waals surface area contributed by atoms with E-state index in [4.69, 9.17) is 5.11 Å². The van der Waals surface area contributed by atoms with E-state index in [9.17, 15) is 9.59 Å². The molecule has 0 saturated carbocycles. The second kappa shape index (κ2) is 6.56. The maximum absolute atomic E-state index is 11.3. The molecule has 1 N–H and O–H groups in total. The molecule has 1 aromatic rings. The summed E-state index contributed by atoms with van der Waals surface area (Å²) in [6, 6.07) is 3.85. The van der Waals surface area contributed by atoms with Crippen molar-refractivity contribution in [3.63, 3.8) is 0 Å². The second-order valence-corrected chi connectivity index (χ2v) is 5.46. The number of aliphatic carboxylic acids is 1. The number of carboxylic acids is 1. The molecule has 2 rings (SSSR count). The molecule has 1 saturated heterocycles. The number of anilines is 1. The Labute approximate surface area is 124 Å². The fourth-order valence-corrected chi connectivity index (χ4v) is 2.42. The Balaban J connectivity index is 1.94. The number of carbonyl (C=O) groups excluding carboxylic acids is 1. The Morgan fingerprint density at radius 2 is 1.95 bits per heavy atom. The summed E-state index contributed by atoms with van der Waals surface area (Å²) in [7, 11) is 0. The highest BCUT2D eigenvalue weighted by molar-refractivity contribution is 5.73. The standard InChI is InChI=1S/C15H21N3O3/c1-11(15(20)21)9-13-3-4-14(16-10-13)18-7-5-17(6-8-18)12(2)19/h3-4,10-11H,5-9H2,1-2H3,(H,20,21)/t11-/m0/s1. The summed E-state index contributed by atoms with van der Waals surface area (Å²) in [5.41, 5.74) is 0.927. The van der Waals surface area contributed by atoms with Gasteiger partial charge < -0.3 is 14.9 Å². The van der Waals surface area contributed by atoms with Gasteiger partial charge in [0.1, 0.15) is 5.82 Å². The maximum Gasteiger partial charge on any atom is 0.306 e. The number of carbonyl (C=O) groups is 2. The summed E-state index contributed by atoms with van der Waals surface area (Å²) in [6.07, 6.45) is 2.23. The highest BCUT2D eigenvalue weighted by Crippen LogP contribution is 2.16. The minimum absolute atomic E-state index is 0.112. The van der Waals surface area contributed by atoms with E-state index in [1.165, 1.54) is 0 Å². The lowest BCUT2D eigenvalue weighted by Crippen LogP contribution is -2.48. The van der Waals surface area contributed by atoms with Crippen molar-refractivity contribution in [2.24, 2.45) is 5.92 Å². The summed E-state index contributed by atoms with van der Waals surface area (Å²) < 4.78 is 0. The number of pyridine rings is 1. The molecule has 0 aromatic carbocycles. The average molecular weight is 291 g/mol. The van der Waals surface area contributed by atoms with Crippen LogP contribution < -0.4 is 4.90 Å². The molecule has 114 valence electrons. The van der Waals surface area contributed by atoms with Gasteiger partial charge in [0.15, 0.2) is 0 Å². The minimum atomic E-state index is -0.792. The number of piperazine rings is 1. The Morgan fingerprint density at radius 3 is 2.43 bits per heavy atom. The van der Waals surface area contributed by atoms with Crippen molar-refractivity contribution in [3.8, 4) is 0 Å². The largest absolute Gasteiger partial charge is 0.481 e. The number of amides is 1. The number of hydrogen-bond donors (Lipinski definition) is 1. The fraction of sp³-hybridized carbons (Fsp3) is 0.533. The zero-order chi connectivity index (χ0) is 15.4. The highest BCUT2D eigenvalue weighted by Gasteiger charge is 2.19. The zero-order valence-electron chi connectivity index (χ0n) is 12.5. The molecule has 1 aliphatic rings. The van der Waals surface area contributed by atoms with E-state index in [-0.39, 0.29) is 5.91 Å². The molecule has 1 aliphatic heterocycles. The molecule has 0 spiro atoms. The molecule has 0 unspecified atom stereocenters. The number of carboxylic acid groups (broad SMARTS) is 1. The molecule has 1 amide bonds. The van der Waals surface area contributed by atoms with Gasteiger partial charge in [-0.05, 0) is 18.1 Å². The molecular weight excluding hydrogens is 270 g/mol. The van der Waals surface area contributed by atoms with E-state index in [0.717, 1.165) is 37.6 Å². The summed E-state index contributed by atoms with van der Waals surface area (Å²) in [5, 5.41) is 8.91. The molecule has 1 fully saturated rings. The smallest absolute Gasteiger partial charge is 0.306 e. The molecule has 1 aromatic heterocycles. The van der Waals surface area contributed by atoms with Crippen LogP contribution in [0.4, 0.5) is 5.82 Å². The first kappa shape index (κ1) is 15.3. The van der Waals surface area contributed by atoms with Crippen LogP contribution >= 0.6 is 0 Å². The van der Waals surface area contributed by atoms with E-state index < -0.39 is 11.9 Å². The van der Waals surface area contributed by atoms with E-state index in [1.807, 2.05) is 17.0 Å². The van der Waals surface area contributed by atoms with Crippen molar-refractivity contribution in [2.75, 3.05) is 31.1 Å². The summed E-state index contributed by atoms with van der Waals surface area (Å²) in [5.74, 6) is -0.207. The van der Waals surface area contributed by atoms with E-state index in [0.29, 0.717) is 6.42 Å². The third-order valence-electron chi connectivity index (χ3n) is 3.82. The van der Waals surface area contributed by atoms with Crippen LogP contribution in [0.3, 0.4) is 0 Å². The van der Waals surface area contributed by atoms with Gasteiger partial charge in [0.05, 0.1) is 5.92 Å². The van der Waals surface area contributed by atoms with Gasteiger partial charge in [0.2, 0.25) is 5.91 Å². The fourth-order valence-electron chi connectivity index (χ4n) is 2.42. The van der Waals surface area contributed by atoms with Gasteiger partial charge in [-0.15, -0.1) is 0 Å².